The third-order valence-corrected chi connectivity index (χ3v) is 12.1. The smallest absolute Gasteiger partial charge is 0.307 e. The monoisotopic (exact) mass is 607 g/mol. The van der Waals surface area contributed by atoms with Gasteiger partial charge in [-0.2, -0.15) is 0 Å². The van der Waals surface area contributed by atoms with Gasteiger partial charge in [0.15, 0.2) is 0 Å². The van der Waals surface area contributed by atoms with Crippen LogP contribution in [0.1, 0.15) is 92.9 Å². The molecule has 220 valence electrons. The topological polar surface area (TPSA) is 72.9 Å². The molecule has 6 nitrogen and oxygen atoms in total. The second-order valence-electron chi connectivity index (χ2n) is 12.6. The second-order valence-corrected chi connectivity index (χ2v) is 18.0. The van der Waals surface area contributed by atoms with Crippen LogP contribution in [0.5, 0.6) is 0 Å². The minimum absolute atomic E-state index is 0.0259. The number of hydrogen-bond donors (Lipinski definition) is 0. The van der Waals surface area contributed by atoms with Gasteiger partial charge in [0.25, 0.3) is 0 Å². The number of hydrogen-bond acceptors (Lipinski definition) is 10. The van der Waals surface area contributed by atoms with Crippen molar-refractivity contribution in [3.63, 3.8) is 0 Å². The summed E-state index contributed by atoms with van der Waals surface area (Å²) in [7, 11) is 7.70. The second kappa shape index (κ2) is 17.0. The average molecular weight is 608 g/mol. The highest BCUT2D eigenvalue weighted by atomic mass is 33.1. The van der Waals surface area contributed by atoms with Crippen LogP contribution in [0.3, 0.4) is 0 Å². The Morgan fingerprint density at radius 1 is 0.895 bits per heavy atom. The summed E-state index contributed by atoms with van der Waals surface area (Å²) < 4.78 is 11.1. The van der Waals surface area contributed by atoms with E-state index < -0.39 is 0 Å². The van der Waals surface area contributed by atoms with E-state index in [-0.39, 0.29) is 54.2 Å². The molecule has 2 saturated heterocycles. The van der Waals surface area contributed by atoms with E-state index in [9.17, 15) is 14.4 Å². The van der Waals surface area contributed by atoms with Crippen LogP contribution in [0.15, 0.2) is 0 Å². The predicted octanol–water partition coefficient (Wildman–Crippen LogP) is 7.05. The fourth-order valence-corrected chi connectivity index (χ4v) is 10.4. The molecule has 0 aromatic rings. The van der Waals surface area contributed by atoms with Crippen molar-refractivity contribution in [1.29, 1.82) is 0 Å². The highest BCUT2D eigenvalue weighted by Crippen LogP contribution is 2.40. The molecule has 2 atom stereocenters. The molecule has 2 aliphatic heterocycles. The minimum Gasteiger partial charge on any atom is -0.465 e. The summed E-state index contributed by atoms with van der Waals surface area (Å²) in [4.78, 5) is 40.1. The van der Waals surface area contributed by atoms with Crippen LogP contribution in [-0.2, 0) is 23.9 Å². The van der Waals surface area contributed by atoms with Crippen LogP contribution in [0.4, 0.5) is 0 Å². The van der Waals surface area contributed by atoms with Gasteiger partial charge in [0, 0.05) is 59.4 Å². The molecule has 2 aliphatic rings. The molecule has 0 saturated carbocycles. The fourth-order valence-electron chi connectivity index (χ4n) is 4.59. The molecule has 0 aliphatic carbocycles. The summed E-state index contributed by atoms with van der Waals surface area (Å²) in [5.41, 5.74) is -0.192. The molecule has 10 heteroatoms. The van der Waals surface area contributed by atoms with Crippen molar-refractivity contribution in [3.8, 4) is 0 Å². The van der Waals surface area contributed by atoms with Gasteiger partial charge in [-0.05, 0) is 45.4 Å². The molecule has 0 N–H and O–H groups in total. The molecule has 0 aromatic heterocycles. The van der Waals surface area contributed by atoms with Crippen LogP contribution in [0, 0.1) is 11.3 Å². The van der Waals surface area contributed by atoms with Crippen LogP contribution in [-0.4, -0.2) is 76.5 Å². The Morgan fingerprint density at radius 3 is 2.13 bits per heavy atom. The van der Waals surface area contributed by atoms with Gasteiger partial charge in [0.2, 0.25) is 0 Å². The lowest BCUT2D eigenvalue weighted by molar-refractivity contribution is -0.151. The number of nitrogens with zero attached hydrogens (tertiary/aromatic N) is 1. The van der Waals surface area contributed by atoms with Crippen LogP contribution >= 0.6 is 43.2 Å². The summed E-state index contributed by atoms with van der Waals surface area (Å²) in [6.45, 7) is 13.4. The van der Waals surface area contributed by atoms with E-state index in [2.05, 4.69) is 25.7 Å². The van der Waals surface area contributed by atoms with Crippen molar-refractivity contribution in [2.45, 2.75) is 110 Å². The summed E-state index contributed by atoms with van der Waals surface area (Å²) in [6, 6.07) is 0.455. The highest BCUT2D eigenvalue weighted by molar-refractivity contribution is 8.77. The van der Waals surface area contributed by atoms with Crippen LogP contribution < -0.4 is 0 Å². The Labute approximate surface area is 246 Å². The van der Waals surface area contributed by atoms with E-state index in [1.54, 1.807) is 0 Å². The zero-order valence-corrected chi connectivity index (χ0v) is 27.5. The zero-order chi connectivity index (χ0) is 28.2. The minimum atomic E-state index is -0.307. The number of ether oxygens (including phenoxy) is 2. The molecule has 0 bridgehead atoms. The summed E-state index contributed by atoms with van der Waals surface area (Å²) in [5, 5.41) is 0.727. The van der Waals surface area contributed by atoms with E-state index >= 15 is 0 Å². The molecule has 0 radical (unpaired) electrons. The first-order chi connectivity index (χ1) is 17.8. The van der Waals surface area contributed by atoms with E-state index in [1.807, 2.05) is 63.9 Å². The number of ketones is 1. The number of Topliss-reactive ketones (excluding diaryl/α,β-unsaturated/α-hetero) is 1. The van der Waals surface area contributed by atoms with Crippen molar-refractivity contribution in [2.24, 2.45) is 11.3 Å². The number of unbranched alkanes of at least 4 members (excludes halogenated alkanes) is 1. The van der Waals surface area contributed by atoms with Gasteiger partial charge < -0.3 is 9.47 Å². The molecular formula is C28H49NO5S4. The van der Waals surface area contributed by atoms with Crippen LogP contribution in [0.25, 0.3) is 0 Å². The molecule has 2 unspecified atom stereocenters. The lowest BCUT2D eigenvalue weighted by Crippen LogP contribution is -2.50. The lowest BCUT2D eigenvalue weighted by atomic mass is 9.92. The van der Waals surface area contributed by atoms with Gasteiger partial charge in [-0.3, -0.25) is 19.3 Å². The maximum absolute atomic E-state index is 12.7. The Bertz CT molecular complexity index is 741. The predicted molar refractivity (Wildman–Crippen MR) is 166 cm³/mol. The first kappa shape index (κ1) is 34.2. The van der Waals surface area contributed by atoms with Crippen molar-refractivity contribution >= 4 is 60.9 Å². The normalized spacial score (nSPS) is 19.6. The highest BCUT2D eigenvalue weighted by Gasteiger charge is 2.32. The van der Waals surface area contributed by atoms with E-state index in [0.717, 1.165) is 29.6 Å². The summed E-state index contributed by atoms with van der Waals surface area (Å²) >= 11 is 0. The van der Waals surface area contributed by atoms with Gasteiger partial charge in [0.1, 0.15) is 5.78 Å². The third-order valence-electron chi connectivity index (χ3n) is 6.57. The van der Waals surface area contributed by atoms with Crippen LogP contribution in [0.2, 0.25) is 0 Å². The van der Waals surface area contributed by atoms with Crippen molar-refractivity contribution in [2.75, 3.05) is 37.0 Å². The number of carbonyl (C=O) groups excluding carboxylic acids is 3. The molecule has 0 amide bonds. The molecule has 2 rings (SSSR count). The fraction of sp³-hybridized carbons (Fsp3) is 0.893. The van der Waals surface area contributed by atoms with Crippen molar-refractivity contribution in [1.82, 2.24) is 4.90 Å². The van der Waals surface area contributed by atoms with Crippen molar-refractivity contribution < 1.29 is 23.9 Å². The molecule has 0 spiro atoms. The van der Waals surface area contributed by atoms with E-state index in [0.29, 0.717) is 31.8 Å². The van der Waals surface area contributed by atoms with E-state index in [4.69, 9.17) is 9.47 Å². The standard InChI is InChI=1S/C28H49NO5S4/c1-27(2,3)16-26(32)34-18-21(15-23(30)9-7-8-10-24-12-14-35-38-24)17-33-25(31)11-13-29(28(4,5)6)22-19-36-37-20-22/h21-22,24H,7-20H2,1-6H3. The molecular weight excluding hydrogens is 559 g/mol. The average Bonchev–Trinajstić information content (AvgIpc) is 3.51. The van der Waals surface area contributed by atoms with Gasteiger partial charge in [0.05, 0.1) is 26.1 Å². The third kappa shape index (κ3) is 14.6. The van der Waals surface area contributed by atoms with Gasteiger partial charge in [-0.1, -0.05) is 70.4 Å². The quantitative estimate of drug-likeness (QED) is 0.103. The Hall–Kier alpha value is -0.0300. The lowest BCUT2D eigenvalue weighted by Gasteiger charge is -2.39. The number of rotatable bonds is 16. The summed E-state index contributed by atoms with van der Waals surface area (Å²) in [5.74, 6) is 2.68. The molecule has 0 aromatic carbocycles. The summed E-state index contributed by atoms with van der Waals surface area (Å²) in [6.07, 6.45) is 5.81. The molecule has 2 fully saturated rings. The van der Waals surface area contributed by atoms with Gasteiger partial charge in [-0.25, -0.2) is 0 Å². The maximum Gasteiger partial charge on any atom is 0.307 e. The largest absolute Gasteiger partial charge is 0.465 e. The Kier molecular flexibility index (Phi) is 15.3. The first-order valence-electron chi connectivity index (χ1n) is 14.0. The Balaban J connectivity index is 1.82. The first-order valence-corrected chi connectivity index (χ1v) is 18.8. The maximum atomic E-state index is 12.7. The SMILES string of the molecule is CC(C)(C)CC(=O)OCC(COC(=O)CCN(C1CSSC1)C(C)(C)C)CC(=O)CCCCC1CCSS1. The number of carbonyl (C=O) groups is 3. The van der Waals surface area contributed by atoms with Gasteiger partial charge >= 0.3 is 11.9 Å². The van der Waals surface area contributed by atoms with Gasteiger partial charge in [-0.15, -0.1) is 0 Å². The molecule has 38 heavy (non-hydrogen) atoms. The molecule has 2 heterocycles. The number of esters is 2. The van der Waals surface area contributed by atoms with Crippen molar-refractivity contribution in [3.05, 3.63) is 0 Å². The van der Waals surface area contributed by atoms with E-state index in [1.165, 1.54) is 18.6 Å². The Morgan fingerprint density at radius 2 is 1.55 bits per heavy atom. The zero-order valence-electron chi connectivity index (χ0n) is 24.3.